The molecule has 0 radical (unpaired) electrons. The van der Waals surface area contributed by atoms with Crippen LogP contribution in [0.1, 0.15) is 57.6 Å². The summed E-state index contributed by atoms with van der Waals surface area (Å²) in [7, 11) is 0. The van der Waals surface area contributed by atoms with Crippen LogP contribution < -0.4 is 5.32 Å². The van der Waals surface area contributed by atoms with Gasteiger partial charge >= 0.3 is 0 Å². The van der Waals surface area contributed by atoms with Crippen LogP contribution in [0.5, 0.6) is 0 Å². The highest BCUT2D eigenvalue weighted by molar-refractivity contribution is 6.31. The third-order valence-electron chi connectivity index (χ3n) is 6.10. The second kappa shape index (κ2) is 8.59. The quantitative estimate of drug-likeness (QED) is 0.432. The normalized spacial score (nSPS) is 15.1. The lowest BCUT2D eigenvalue weighted by molar-refractivity contribution is 0.408. The Hall–Kier alpha value is -2.06. The van der Waals surface area contributed by atoms with Crippen LogP contribution in [0.4, 0.5) is 15.8 Å². The number of hydrogen-bond acceptors (Lipinski definition) is 1. The van der Waals surface area contributed by atoms with Crippen molar-refractivity contribution in [2.75, 3.05) is 5.32 Å². The number of halogens is 2. The molecule has 1 fully saturated rings. The lowest BCUT2D eigenvalue weighted by atomic mass is 9.83. The van der Waals surface area contributed by atoms with E-state index in [2.05, 4.69) is 56.4 Å². The third-order valence-corrected chi connectivity index (χ3v) is 6.39. The fraction of sp³-hybridized carbons (Fsp3) is 0.407. The molecule has 0 bridgehead atoms. The molecule has 1 N–H and O–H groups in total. The third kappa shape index (κ3) is 4.98. The van der Waals surface area contributed by atoms with Gasteiger partial charge in [0.05, 0.1) is 5.02 Å². The van der Waals surface area contributed by atoms with Gasteiger partial charge in [0.25, 0.3) is 0 Å². The monoisotopic (exact) mass is 423 g/mol. The Morgan fingerprint density at radius 1 is 1.00 bits per heavy atom. The van der Waals surface area contributed by atoms with Gasteiger partial charge in [0, 0.05) is 16.8 Å². The number of benzene rings is 3. The van der Waals surface area contributed by atoms with Crippen LogP contribution in [0.15, 0.2) is 48.5 Å². The molecule has 30 heavy (non-hydrogen) atoms. The van der Waals surface area contributed by atoms with Gasteiger partial charge in [-0.1, -0.05) is 76.3 Å². The van der Waals surface area contributed by atoms with Crippen molar-refractivity contribution in [3.05, 3.63) is 70.5 Å². The van der Waals surface area contributed by atoms with Crippen molar-refractivity contribution in [3.8, 4) is 0 Å². The van der Waals surface area contributed by atoms with Gasteiger partial charge in [-0.25, -0.2) is 4.39 Å². The van der Waals surface area contributed by atoms with E-state index in [4.69, 9.17) is 11.6 Å². The molecule has 0 unspecified atom stereocenters. The lowest BCUT2D eigenvalue weighted by Crippen LogP contribution is -2.12. The average Bonchev–Trinajstić information content (AvgIpc) is 3.18. The van der Waals surface area contributed by atoms with Crippen LogP contribution in [0.2, 0.25) is 5.02 Å². The largest absolute Gasteiger partial charge is 0.355 e. The Balaban J connectivity index is 1.74. The van der Waals surface area contributed by atoms with Crippen molar-refractivity contribution in [2.24, 2.45) is 11.3 Å². The topological polar surface area (TPSA) is 12.0 Å². The molecule has 0 aromatic heterocycles. The maximum absolute atomic E-state index is 13.6. The Kier molecular flexibility index (Phi) is 6.06. The number of nitrogens with one attached hydrogen (secondary N) is 1. The van der Waals surface area contributed by atoms with E-state index in [0.717, 1.165) is 23.7 Å². The van der Waals surface area contributed by atoms with E-state index in [9.17, 15) is 4.39 Å². The molecule has 158 valence electrons. The van der Waals surface area contributed by atoms with Crippen molar-refractivity contribution < 1.29 is 4.39 Å². The minimum absolute atomic E-state index is 0.132. The van der Waals surface area contributed by atoms with E-state index in [0.29, 0.717) is 0 Å². The zero-order chi connectivity index (χ0) is 21.3. The molecular weight excluding hydrogens is 393 g/mol. The van der Waals surface area contributed by atoms with E-state index in [1.807, 2.05) is 0 Å². The second-order valence-electron chi connectivity index (χ2n) is 9.99. The highest BCUT2D eigenvalue weighted by atomic mass is 35.5. The first kappa shape index (κ1) is 21.2. The molecule has 0 aliphatic heterocycles. The summed E-state index contributed by atoms with van der Waals surface area (Å²) in [6, 6.07) is 15.9. The minimum atomic E-state index is -0.399. The minimum Gasteiger partial charge on any atom is -0.355 e. The van der Waals surface area contributed by atoms with E-state index in [1.165, 1.54) is 60.1 Å². The molecule has 3 heteroatoms. The predicted molar refractivity (Wildman–Crippen MR) is 127 cm³/mol. The molecular formula is C27H31ClFN. The molecule has 4 rings (SSSR count). The molecule has 0 saturated heterocycles. The van der Waals surface area contributed by atoms with Gasteiger partial charge in [-0.15, -0.1) is 0 Å². The fourth-order valence-corrected chi connectivity index (χ4v) is 4.89. The average molecular weight is 424 g/mol. The summed E-state index contributed by atoms with van der Waals surface area (Å²) in [5, 5.41) is 6.03. The summed E-state index contributed by atoms with van der Waals surface area (Å²) >= 11 is 5.98. The first-order chi connectivity index (χ1) is 14.3. The summed E-state index contributed by atoms with van der Waals surface area (Å²) in [6.07, 6.45) is 7.72. The van der Waals surface area contributed by atoms with E-state index < -0.39 is 5.82 Å². The first-order valence-electron chi connectivity index (χ1n) is 11.1. The van der Waals surface area contributed by atoms with Crippen LogP contribution in [-0.2, 0) is 12.8 Å². The molecule has 0 spiro atoms. The highest BCUT2D eigenvalue weighted by Gasteiger charge is 2.20. The van der Waals surface area contributed by atoms with Gasteiger partial charge in [0.1, 0.15) is 5.82 Å². The van der Waals surface area contributed by atoms with Crippen molar-refractivity contribution in [1.29, 1.82) is 0 Å². The predicted octanol–water partition coefficient (Wildman–Crippen LogP) is 8.70. The van der Waals surface area contributed by atoms with E-state index >= 15 is 0 Å². The van der Waals surface area contributed by atoms with E-state index in [-0.39, 0.29) is 10.4 Å². The molecule has 0 heterocycles. The van der Waals surface area contributed by atoms with Crippen molar-refractivity contribution in [3.63, 3.8) is 0 Å². The Labute approximate surface area is 184 Å². The second-order valence-corrected chi connectivity index (χ2v) is 10.4. The summed E-state index contributed by atoms with van der Waals surface area (Å²) in [5.41, 5.74) is 5.00. The van der Waals surface area contributed by atoms with Crippen molar-refractivity contribution in [2.45, 2.75) is 59.3 Å². The lowest BCUT2D eigenvalue weighted by Gasteiger charge is -2.23. The summed E-state index contributed by atoms with van der Waals surface area (Å²) < 4.78 is 13.6. The van der Waals surface area contributed by atoms with Gasteiger partial charge in [-0.2, -0.15) is 0 Å². The zero-order valence-corrected chi connectivity index (χ0v) is 19.0. The van der Waals surface area contributed by atoms with Crippen LogP contribution >= 0.6 is 11.6 Å². The van der Waals surface area contributed by atoms with Crippen LogP contribution in [0.25, 0.3) is 10.8 Å². The van der Waals surface area contributed by atoms with Crippen molar-refractivity contribution in [1.82, 2.24) is 0 Å². The van der Waals surface area contributed by atoms with Gasteiger partial charge in [0.2, 0.25) is 0 Å². The SMILES string of the molecule is CC(C)(C)Cc1cc2c(Nc3ccc(F)c(Cl)c3)cccc2cc1CC1CCCC1. The maximum atomic E-state index is 13.6. The Bertz CT molecular complexity index is 1040. The standard InChI is InChI=1S/C27H31ClFN/c1-27(2,3)17-21-15-23-19(14-20(21)13-18-7-4-5-8-18)9-6-10-26(23)30-22-11-12-25(29)24(28)16-22/h6,9-12,14-16,18,30H,4-5,7-8,13,17H2,1-3H3. The highest BCUT2D eigenvalue weighted by Crippen LogP contribution is 2.36. The van der Waals surface area contributed by atoms with Crippen LogP contribution in [0, 0.1) is 17.2 Å². The zero-order valence-electron chi connectivity index (χ0n) is 18.2. The van der Waals surface area contributed by atoms with Crippen LogP contribution in [0.3, 0.4) is 0 Å². The number of anilines is 2. The summed E-state index contributed by atoms with van der Waals surface area (Å²) in [6.45, 7) is 6.92. The Morgan fingerprint density at radius 2 is 1.77 bits per heavy atom. The summed E-state index contributed by atoms with van der Waals surface area (Å²) in [5.74, 6) is 0.424. The molecule has 3 aromatic carbocycles. The molecule has 0 amide bonds. The van der Waals surface area contributed by atoms with Gasteiger partial charge in [-0.05, 0) is 71.0 Å². The molecule has 1 nitrogen and oxygen atoms in total. The summed E-state index contributed by atoms with van der Waals surface area (Å²) in [4.78, 5) is 0. The van der Waals surface area contributed by atoms with E-state index in [1.54, 1.807) is 12.1 Å². The molecule has 1 aliphatic rings. The molecule has 1 aliphatic carbocycles. The molecule has 0 atom stereocenters. The molecule has 1 saturated carbocycles. The molecule has 3 aromatic rings. The number of rotatable bonds is 5. The van der Waals surface area contributed by atoms with Crippen molar-refractivity contribution >= 4 is 33.7 Å². The smallest absolute Gasteiger partial charge is 0.141 e. The van der Waals surface area contributed by atoms with Gasteiger partial charge < -0.3 is 5.32 Å². The fourth-order valence-electron chi connectivity index (χ4n) is 4.71. The maximum Gasteiger partial charge on any atom is 0.141 e. The Morgan fingerprint density at radius 3 is 2.47 bits per heavy atom. The number of hydrogen-bond donors (Lipinski definition) is 1. The van der Waals surface area contributed by atoms with Crippen LogP contribution in [-0.4, -0.2) is 0 Å². The first-order valence-corrected chi connectivity index (χ1v) is 11.4. The van der Waals surface area contributed by atoms with Gasteiger partial charge in [-0.3, -0.25) is 0 Å². The van der Waals surface area contributed by atoms with Gasteiger partial charge in [0.15, 0.2) is 0 Å². The number of fused-ring (bicyclic) bond motifs is 1.